The fourth-order valence-corrected chi connectivity index (χ4v) is 3.99. The predicted molar refractivity (Wildman–Crippen MR) is 109 cm³/mol. The van der Waals surface area contributed by atoms with Crippen molar-refractivity contribution in [1.29, 1.82) is 0 Å². The van der Waals surface area contributed by atoms with Gasteiger partial charge < -0.3 is 18.7 Å². The van der Waals surface area contributed by atoms with Crippen molar-refractivity contribution in [3.8, 4) is 28.7 Å². The van der Waals surface area contributed by atoms with E-state index in [4.69, 9.17) is 4.52 Å². The van der Waals surface area contributed by atoms with Crippen LogP contribution in [0.5, 0.6) is 5.75 Å². The zero-order chi connectivity index (χ0) is 22.7. The third kappa shape index (κ3) is 4.95. The summed E-state index contributed by atoms with van der Waals surface area (Å²) in [6.07, 6.45) is 1.15. The molecule has 1 saturated heterocycles. The zero-order valence-corrected chi connectivity index (χ0v) is 17.5. The number of piperidine rings is 1. The van der Waals surface area contributed by atoms with E-state index in [1.165, 1.54) is 24.3 Å². The highest BCUT2D eigenvalue weighted by Crippen LogP contribution is 2.27. The first kappa shape index (κ1) is 21.9. The molecule has 1 amide bonds. The third-order valence-corrected chi connectivity index (χ3v) is 5.55. The normalized spacial score (nSPS) is 16.9. The fourth-order valence-electron chi connectivity index (χ4n) is 3.99. The number of nitrogens with zero attached hydrogens (tertiary/aromatic N) is 4. The number of alkyl halides is 3. The zero-order valence-electron chi connectivity index (χ0n) is 17.5. The molecule has 0 bridgehead atoms. The number of halogens is 3. The molecule has 0 saturated carbocycles. The Labute approximate surface area is 182 Å². The molecule has 1 unspecified atom stereocenters. The Bertz CT molecular complexity index is 1060. The second kappa shape index (κ2) is 9.05. The van der Waals surface area contributed by atoms with Crippen molar-refractivity contribution >= 4 is 5.91 Å². The highest BCUT2D eigenvalue weighted by molar-refractivity contribution is 5.77. The summed E-state index contributed by atoms with van der Waals surface area (Å²) in [5, 5.41) is 3.92. The average Bonchev–Trinajstić information content (AvgIpc) is 3.42. The average molecular weight is 448 g/mol. The van der Waals surface area contributed by atoms with Gasteiger partial charge in [0.2, 0.25) is 11.7 Å². The van der Waals surface area contributed by atoms with Crippen LogP contribution in [-0.2, 0) is 11.3 Å². The minimum Gasteiger partial charge on any atom is -0.406 e. The molecule has 170 valence electrons. The molecule has 0 radical (unpaired) electrons. The second-order valence-corrected chi connectivity index (χ2v) is 7.66. The summed E-state index contributed by atoms with van der Waals surface area (Å²) in [7, 11) is 0. The third-order valence-electron chi connectivity index (χ3n) is 5.55. The largest absolute Gasteiger partial charge is 0.573 e. The summed E-state index contributed by atoms with van der Waals surface area (Å²) in [6, 6.07) is 9.04. The molecule has 4 rings (SSSR count). The van der Waals surface area contributed by atoms with Crippen LogP contribution in [0.1, 0.15) is 32.6 Å². The highest BCUT2D eigenvalue weighted by Gasteiger charge is 2.31. The molecule has 1 aliphatic heterocycles. The lowest BCUT2D eigenvalue weighted by molar-refractivity contribution is -0.274. The van der Waals surface area contributed by atoms with Crippen LogP contribution < -0.4 is 4.74 Å². The number of aromatic nitrogens is 3. The van der Waals surface area contributed by atoms with E-state index in [2.05, 4.69) is 21.8 Å². The number of carbonyl (C=O) groups is 1. The smallest absolute Gasteiger partial charge is 0.406 e. The summed E-state index contributed by atoms with van der Waals surface area (Å²) in [5.41, 5.74) is 1.07. The lowest BCUT2D eigenvalue weighted by Crippen LogP contribution is -2.44. The fraction of sp³-hybridized carbons (Fsp3) is 0.409. The number of hydrogen-bond acceptors (Lipinski definition) is 5. The Morgan fingerprint density at radius 2 is 2.00 bits per heavy atom. The molecule has 10 heteroatoms. The van der Waals surface area contributed by atoms with Crippen molar-refractivity contribution in [1.82, 2.24) is 19.6 Å². The second-order valence-electron chi connectivity index (χ2n) is 7.66. The van der Waals surface area contributed by atoms with Gasteiger partial charge in [0.05, 0.1) is 0 Å². The van der Waals surface area contributed by atoms with E-state index in [1.54, 1.807) is 22.9 Å². The molecule has 2 aromatic heterocycles. The van der Waals surface area contributed by atoms with E-state index in [0.29, 0.717) is 11.3 Å². The van der Waals surface area contributed by atoms with Crippen LogP contribution in [0.25, 0.3) is 23.0 Å². The van der Waals surface area contributed by atoms with E-state index in [-0.39, 0.29) is 36.0 Å². The van der Waals surface area contributed by atoms with Gasteiger partial charge in [0.15, 0.2) is 0 Å². The van der Waals surface area contributed by atoms with Gasteiger partial charge >= 0.3 is 6.36 Å². The molecule has 1 atom stereocenters. The van der Waals surface area contributed by atoms with Crippen LogP contribution in [0.15, 0.2) is 47.1 Å². The topological polar surface area (TPSA) is 73.4 Å². The van der Waals surface area contributed by atoms with Crippen LogP contribution >= 0.6 is 0 Å². The first-order valence-electron chi connectivity index (χ1n) is 10.5. The number of carbonyl (C=O) groups excluding carboxylic acids is 1. The summed E-state index contributed by atoms with van der Waals surface area (Å²) in [6.45, 7) is 3.03. The van der Waals surface area contributed by atoms with E-state index in [0.717, 1.165) is 32.2 Å². The SMILES string of the molecule is CCC1CCCCN1C(=O)Cn1cccc1-c1nc(-c2ccc(OC(F)(F)F)cc2)no1. The van der Waals surface area contributed by atoms with Gasteiger partial charge in [-0.3, -0.25) is 4.79 Å². The molecule has 0 N–H and O–H groups in total. The maximum absolute atomic E-state index is 12.9. The van der Waals surface area contributed by atoms with Crippen LogP contribution in [0, 0.1) is 0 Å². The van der Waals surface area contributed by atoms with Gasteiger partial charge in [-0.2, -0.15) is 4.98 Å². The summed E-state index contributed by atoms with van der Waals surface area (Å²) in [4.78, 5) is 19.2. The Hall–Kier alpha value is -3.30. The minimum absolute atomic E-state index is 0.0500. The molecule has 7 nitrogen and oxygen atoms in total. The molecule has 1 fully saturated rings. The number of ether oxygens (including phenoxy) is 1. The Morgan fingerprint density at radius 1 is 1.22 bits per heavy atom. The van der Waals surface area contributed by atoms with Crippen molar-refractivity contribution in [2.45, 2.75) is 51.6 Å². The molecule has 32 heavy (non-hydrogen) atoms. The number of amides is 1. The van der Waals surface area contributed by atoms with Gasteiger partial charge in [-0.1, -0.05) is 12.1 Å². The van der Waals surface area contributed by atoms with E-state index in [1.807, 2.05) is 4.90 Å². The summed E-state index contributed by atoms with van der Waals surface area (Å²) >= 11 is 0. The molecule has 0 aliphatic carbocycles. The highest BCUT2D eigenvalue weighted by atomic mass is 19.4. The maximum atomic E-state index is 12.9. The Balaban J connectivity index is 1.48. The summed E-state index contributed by atoms with van der Waals surface area (Å²) < 4.78 is 48.0. The minimum atomic E-state index is -4.75. The molecule has 0 spiro atoms. The van der Waals surface area contributed by atoms with Gasteiger partial charge in [0, 0.05) is 24.3 Å². The summed E-state index contributed by atoms with van der Waals surface area (Å²) in [5.74, 6) is 0.160. The van der Waals surface area contributed by atoms with Gasteiger partial charge in [0.1, 0.15) is 18.0 Å². The van der Waals surface area contributed by atoms with Crippen molar-refractivity contribution in [3.63, 3.8) is 0 Å². The van der Waals surface area contributed by atoms with Gasteiger partial charge in [-0.25, -0.2) is 0 Å². The lowest BCUT2D eigenvalue weighted by atomic mass is 10.00. The van der Waals surface area contributed by atoms with Crippen LogP contribution in [0.2, 0.25) is 0 Å². The molecule has 3 heterocycles. The van der Waals surface area contributed by atoms with E-state index in [9.17, 15) is 18.0 Å². The van der Waals surface area contributed by atoms with E-state index >= 15 is 0 Å². The van der Waals surface area contributed by atoms with Crippen molar-refractivity contribution in [3.05, 3.63) is 42.6 Å². The first-order chi connectivity index (χ1) is 15.3. The monoisotopic (exact) mass is 448 g/mol. The standard InChI is InChI=1S/C22H23F3N4O3/c1-2-16-6-3-4-13-29(16)19(30)14-28-12-5-7-18(28)21-26-20(27-32-21)15-8-10-17(11-9-15)31-22(23,24)25/h5,7-12,16H,2-4,6,13-14H2,1H3. The number of hydrogen-bond donors (Lipinski definition) is 0. The van der Waals surface area contributed by atoms with Crippen LogP contribution in [-0.4, -0.2) is 44.5 Å². The van der Waals surface area contributed by atoms with Gasteiger partial charge in [-0.05, 0) is 62.1 Å². The van der Waals surface area contributed by atoms with Gasteiger partial charge in [-0.15, -0.1) is 13.2 Å². The predicted octanol–water partition coefficient (Wildman–Crippen LogP) is 4.89. The molecular formula is C22H23F3N4O3. The molecule has 1 aromatic carbocycles. The molecular weight excluding hydrogens is 425 g/mol. The maximum Gasteiger partial charge on any atom is 0.573 e. The van der Waals surface area contributed by atoms with Crippen LogP contribution in [0.4, 0.5) is 13.2 Å². The number of rotatable bonds is 6. The Morgan fingerprint density at radius 3 is 2.72 bits per heavy atom. The number of likely N-dealkylation sites (tertiary alicyclic amines) is 1. The van der Waals surface area contributed by atoms with Crippen molar-refractivity contribution in [2.24, 2.45) is 0 Å². The molecule has 1 aliphatic rings. The number of benzene rings is 1. The van der Waals surface area contributed by atoms with E-state index < -0.39 is 6.36 Å². The lowest BCUT2D eigenvalue weighted by Gasteiger charge is -2.35. The van der Waals surface area contributed by atoms with Crippen LogP contribution in [0.3, 0.4) is 0 Å². The quantitative estimate of drug-likeness (QED) is 0.537. The first-order valence-corrected chi connectivity index (χ1v) is 10.5. The molecule has 3 aromatic rings. The Kier molecular flexibility index (Phi) is 6.20. The van der Waals surface area contributed by atoms with Crippen molar-refractivity contribution in [2.75, 3.05) is 6.54 Å². The van der Waals surface area contributed by atoms with Crippen molar-refractivity contribution < 1.29 is 27.2 Å². The van der Waals surface area contributed by atoms with Gasteiger partial charge in [0.25, 0.3) is 5.89 Å².